The molecular formula is C15H14F2O2. The number of benzene rings is 2. The fourth-order valence-corrected chi connectivity index (χ4v) is 1.73. The number of aliphatic hydroxyl groups excluding tert-OH is 1. The molecule has 1 N–H and O–H groups in total. The molecule has 0 heterocycles. The average molecular weight is 264 g/mol. The number of halogens is 2. The maximum absolute atomic E-state index is 13.0. The first kappa shape index (κ1) is 13.5. The van der Waals surface area contributed by atoms with Crippen molar-refractivity contribution in [2.24, 2.45) is 0 Å². The predicted octanol–water partition coefficient (Wildman–Crippen LogP) is 3.60. The lowest BCUT2D eigenvalue weighted by molar-refractivity contribution is 0.198. The van der Waals surface area contributed by atoms with Gasteiger partial charge in [-0.05, 0) is 42.3 Å². The molecule has 2 aromatic carbocycles. The van der Waals surface area contributed by atoms with E-state index in [0.717, 1.165) is 11.6 Å². The van der Waals surface area contributed by atoms with Crippen LogP contribution in [0.2, 0.25) is 0 Å². The summed E-state index contributed by atoms with van der Waals surface area (Å²) in [6.07, 6.45) is -0.588. The zero-order valence-corrected chi connectivity index (χ0v) is 10.4. The first-order valence-corrected chi connectivity index (χ1v) is 5.90. The lowest BCUT2D eigenvalue weighted by Crippen LogP contribution is -1.98. The molecule has 2 aromatic rings. The van der Waals surface area contributed by atoms with Crippen molar-refractivity contribution in [2.45, 2.75) is 19.6 Å². The number of hydrogen-bond donors (Lipinski definition) is 1. The van der Waals surface area contributed by atoms with Gasteiger partial charge in [0.15, 0.2) is 0 Å². The van der Waals surface area contributed by atoms with E-state index in [1.807, 2.05) is 0 Å². The standard InChI is InChI=1S/C15H14F2O2/c1-10(18)12-3-2-4-15(7-12)19-9-11-5-13(16)8-14(17)6-11/h2-8,10,18H,9H2,1H3. The van der Waals surface area contributed by atoms with Gasteiger partial charge in [-0.2, -0.15) is 0 Å². The van der Waals surface area contributed by atoms with Crippen LogP contribution in [0.3, 0.4) is 0 Å². The molecule has 0 amide bonds. The van der Waals surface area contributed by atoms with E-state index in [4.69, 9.17) is 4.74 Å². The normalized spacial score (nSPS) is 12.2. The highest BCUT2D eigenvalue weighted by atomic mass is 19.1. The van der Waals surface area contributed by atoms with Gasteiger partial charge < -0.3 is 9.84 Å². The molecule has 2 nitrogen and oxygen atoms in total. The van der Waals surface area contributed by atoms with Gasteiger partial charge in [-0.25, -0.2) is 8.78 Å². The minimum atomic E-state index is -0.628. The van der Waals surface area contributed by atoms with E-state index >= 15 is 0 Å². The Morgan fingerprint density at radius 2 is 1.79 bits per heavy atom. The largest absolute Gasteiger partial charge is 0.489 e. The van der Waals surface area contributed by atoms with Crippen molar-refractivity contribution in [1.82, 2.24) is 0 Å². The van der Waals surface area contributed by atoms with Crippen LogP contribution < -0.4 is 4.74 Å². The molecule has 4 heteroatoms. The zero-order valence-electron chi connectivity index (χ0n) is 10.4. The molecule has 0 saturated heterocycles. The second-order valence-electron chi connectivity index (χ2n) is 4.31. The van der Waals surface area contributed by atoms with Crippen molar-refractivity contribution < 1.29 is 18.6 Å². The number of rotatable bonds is 4. The quantitative estimate of drug-likeness (QED) is 0.914. The molecule has 1 atom stereocenters. The molecule has 100 valence electrons. The molecule has 0 bridgehead atoms. The molecule has 2 rings (SSSR count). The monoisotopic (exact) mass is 264 g/mol. The van der Waals surface area contributed by atoms with Crippen molar-refractivity contribution in [2.75, 3.05) is 0 Å². The summed E-state index contributed by atoms with van der Waals surface area (Å²) in [4.78, 5) is 0. The Bertz CT molecular complexity index is 548. The summed E-state index contributed by atoms with van der Waals surface area (Å²) >= 11 is 0. The predicted molar refractivity (Wildman–Crippen MR) is 67.8 cm³/mol. The third kappa shape index (κ3) is 3.76. The van der Waals surface area contributed by atoms with Gasteiger partial charge in [0.1, 0.15) is 24.0 Å². The molecule has 0 saturated carbocycles. The Morgan fingerprint density at radius 3 is 2.42 bits per heavy atom. The first-order chi connectivity index (χ1) is 9.04. The van der Waals surface area contributed by atoms with Crippen LogP contribution in [0.1, 0.15) is 24.2 Å². The van der Waals surface area contributed by atoms with Gasteiger partial charge in [-0.3, -0.25) is 0 Å². The van der Waals surface area contributed by atoms with Gasteiger partial charge in [0.05, 0.1) is 6.10 Å². The van der Waals surface area contributed by atoms with E-state index in [0.29, 0.717) is 11.3 Å². The van der Waals surface area contributed by atoms with Crippen LogP contribution in [0, 0.1) is 11.6 Å². The fraction of sp³-hybridized carbons (Fsp3) is 0.200. The van der Waals surface area contributed by atoms with Gasteiger partial charge in [-0.1, -0.05) is 12.1 Å². The molecule has 0 aliphatic rings. The first-order valence-electron chi connectivity index (χ1n) is 5.90. The SMILES string of the molecule is CC(O)c1cccc(OCc2cc(F)cc(F)c2)c1. The summed E-state index contributed by atoms with van der Waals surface area (Å²) in [6.45, 7) is 1.72. The van der Waals surface area contributed by atoms with E-state index in [-0.39, 0.29) is 6.61 Å². The third-order valence-corrected chi connectivity index (χ3v) is 2.67. The smallest absolute Gasteiger partial charge is 0.126 e. The zero-order chi connectivity index (χ0) is 13.8. The van der Waals surface area contributed by atoms with Gasteiger partial charge in [0.25, 0.3) is 0 Å². The topological polar surface area (TPSA) is 29.5 Å². The lowest BCUT2D eigenvalue weighted by atomic mass is 10.1. The van der Waals surface area contributed by atoms with Gasteiger partial charge >= 0.3 is 0 Å². The summed E-state index contributed by atoms with van der Waals surface area (Å²) in [7, 11) is 0. The Hall–Kier alpha value is -1.94. The van der Waals surface area contributed by atoms with E-state index < -0.39 is 17.7 Å². The molecule has 0 fully saturated rings. The van der Waals surface area contributed by atoms with E-state index in [9.17, 15) is 13.9 Å². The summed E-state index contributed by atoms with van der Waals surface area (Å²) in [5.74, 6) is -0.712. The summed E-state index contributed by atoms with van der Waals surface area (Å²) in [5, 5.41) is 9.45. The number of aliphatic hydroxyl groups is 1. The summed E-state index contributed by atoms with van der Waals surface area (Å²) in [5.41, 5.74) is 1.14. The van der Waals surface area contributed by atoms with Crippen molar-refractivity contribution in [3.63, 3.8) is 0 Å². The van der Waals surface area contributed by atoms with E-state index in [1.54, 1.807) is 31.2 Å². The molecule has 0 aliphatic heterocycles. The Labute approximate surface area is 110 Å². The Kier molecular flexibility index (Phi) is 4.12. The van der Waals surface area contributed by atoms with Crippen molar-refractivity contribution in [1.29, 1.82) is 0 Å². The van der Waals surface area contributed by atoms with Crippen LogP contribution in [0.15, 0.2) is 42.5 Å². The molecular weight excluding hydrogens is 250 g/mol. The van der Waals surface area contributed by atoms with Crippen molar-refractivity contribution >= 4 is 0 Å². The van der Waals surface area contributed by atoms with Crippen LogP contribution in [-0.2, 0) is 6.61 Å². The van der Waals surface area contributed by atoms with Crippen LogP contribution in [-0.4, -0.2) is 5.11 Å². The maximum atomic E-state index is 13.0. The maximum Gasteiger partial charge on any atom is 0.126 e. The van der Waals surface area contributed by atoms with Gasteiger partial charge in [0, 0.05) is 6.07 Å². The fourth-order valence-electron chi connectivity index (χ4n) is 1.73. The third-order valence-electron chi connectivity index (χ3n) is 2.67. The van der Waals surface area contributed by atoms with Gasteiger partial charge in [-0.15, -0.1) is 0 Å². The second-order valence-corrected chi connectivity index (χ2v) is 4.31. The van der Waals surface area contributed by atoms with Crippen LogP contribution in [0.5, 0.6) is 5.75 Å². The molecule has 0 radical (unpaired) electrons. The van der Waals surface area contributed by atoms with Crippen LogP contribution in [0.4, 0.5) is 8.78 Å². The highest BCUT2D eigenvalue weighted by molar-refractivity contribution is 5.30. The summed E-state index contributed by atoms with van der Waals surface area (Å²) in [6, 6.07) is 10.2. The molecule has 1 unspecified atom stereocenters. The van der Waals surface area contributed by atoms with Crippen molar-refractivity contribution in [3.05, 3.63) is 65.2 Å². The lowest BCUT2D eigenvalue weighted by Gasteiger charge is -2.09. The minimum absolute atomic E-state index is 0.0674. The second kappa shape index (κ2) is 5.80. The number of hydrogen-bond acceptors (Lipinski definition) is 2. The van der Waals surface area contributed by atoms with Crippen LogP contribution >= 0.6 is 0 Å². The average Bonchev–Trinajstić information content (AvgIpc) is 2.35. The number of ether oxygens (including phenoxy) is 1. The Morgan fingerprint density at radius 1 is 1.11 bits per heavy atom. The highest BCUT2D eigenvalue weighted by Crippen LogP contribution is 2.20. The van der Waals surface area contributed by atoms with E-state index in [1.165, 1.54) is 12.1 Å². The molecule has 0 spiro atoms. The molecule has 0 aliphatic carbocycles. The molecule has 0 aromatic heterocycles. The summed E-state index contributed by atoms with van der Waals surface area (Å²) < 4.78 is 31.4. The highest BCUT2D eigenvalue weighted by Gasteiger charge is 2.04. The van der Waals surface area contributed by atoms with E-state index in [2.05, 4.69) is 0 Å². The van der Waals surface area contributed by atoms with Gasteiger partial charge in [0.2, 0.25) is 0 Å². The van der Waals surface area contributed by atoms with Crippen molar-refractivity contribution in [3.8, 4) is 5.75 Å². The Balaban J connectivity index is 2.07. The molecule has 19 heavy (non-hydrogen) atoms. The van der Waals surface area contributed by atoms with Crippen LogP contribution in [0.25, 0.3) is 0 Å². The minimum Gasteiger partial charge on any atom is -0.489 e.